The molecule has 4 nitrogen and oxygen atoms in total. The molecule has 0 amide bonds. The van der Waals surface area contributed by atoms with Crippen molar-refractivity contribution in [2.75, 3.05) is 5.73 Å². The van der Waals surface area contributed by atoms with Gasteiger partial charge in [0, 0.05) is 0 Å². The molecule has 0 radical (unpaired) electrons. The summed E-state index contributed by atoms with van der Waals surface area (Å²) in [6.45, 7) is 0. The lowest BCUT2D eigenvalue weighted by molar-refractivity contribution is -0.138. The lowest BCUT2D eigenvalue weighted by Gasteiger charge is -2.13. The number of nitrogen functional groups attached to an aromatic ring is 1. The first kappa shape index (κ1) is 13.1. The van der Waals surface area contributed by atoms with Gasteiger partial charge < -0.3 is 10.8 Å². The van der Waals surface area contributed by atoms with E-state index in [9.17, 15) is 26.7 Å². The lowest BCUT2D eigenvalue weighted by atomic mass is 10.1. The van der Waals surface area contributed by atoms with Crippen molar-refractivity contribution in [3.05, 3.63) is 22.9 Å². The molecule has 0 spiro atoms. The summed E-state index contributed by atoms with van der Waals surface area (Å²) < 4.78 is 62.1. The van der Waals surface area contributed by atoms with Gasteiger partial charge in [0.15, 0.2) is 0 Å². The van der Waals surface area contributed by atoms with E-state index in [1.165, 1.54) is 0 Å². The van der Waals surface area contributed by atoms with Crippen molar-refractivity contribution >= 4 is 11.8 Å². The highest BCUT2D eigenvalue weighted by atomic mass is 19.4. The van der Waals surface area contributed by atoms with E-state index in [1.807, 2.05) is 0 Å². The smallest absolute Gasteiger partial charge is 0.417 e. The van der Waals surface area contributed by atoms with E-state index in [0.29, 0.717) is 0 Å². The molecule has 94 valence electrons. The van der Waals surface area contributed by atoms with Crippen molar-refractivity contribution in [3.8, 4) is 0 Å². The fraction of sp³-hybridized carbons (Fsp3) is 0.250. The number of nitrogens with two attached hydrogens (primary N) is 1. The zero-order valence-electron chi connectivity index (χ0n) is 7.92. The van der Waals surface area contributed by atoms with E-state index >= 15 is 0 Å². The number of carboxylic acid groups (broad SMARTS) is 1. The Morgan fingerprint density at radius 3 is 2.29 bits per heavy atom. The van der Waals surface area contributed by atoms with Gasteiger partial charge in [0.05, 0.1) is 11.1 Å². The van der Waals surface area contributed by atoms with Gasteiger partial charge in [-0.25, -0.2) is 18.6 Å². The fourth-order valence-electron chi connectivity index (χ4n) is 1.19. The number of carboxylic acids is 1. The zero-order valence-corrected chi connectivity index (χ0v) is 7.92. The van der Waals surface area contributed by atoms with Crippen molar-refractivity contribution in [1.29, 1.82) is 0 Å². The van der Waals surface area contributed by atoms with Gasteiger partial charge in [0.2, 0.25) is 0 Å². The summed E-state index contributed by atoms with van der Waals surface area (Å²) in [7, 11) is 0. The summed E-state index contributed by atoms with van der Waals surface area (Å²) in [5.41, 5.74) is 0.105. The van der Waals surface area contributed by atoms with Crippen LogP contribution in [0.15, 0.2) is 6.07 Å². The third-order valence-corrected chi connectivity index (χ3v) is 1.79. The van der Waals surface area contributed by atoms with Crippen molar-refractivity contribution in [2.45, 2.75) is 12.6 Å². The highest BCUT2D eigenvalue weighted by Gasteiger charge is 2.39. The van der Waals surface area contributed by atoms with Crippen molar-refractivity contribution in [3.63, 3.8) is 0 Å². The lowest BCUT2D eigenvalue weighted by Crippen LogP contribution is -2.18. The molecule has 1 aromatic rings. The van der Waals surface area contributed by atoms with Gasteiger partial charge in [-0.1, -0.05) is 0 Å². The molecule has 0 saturated heterocycles. The van der Waals surface area contributed by atoms with Crippen molar-refractivity contribution in [1.82, 2.24) is 4.98 Å². The second kappa shape index (κ2) is 4.15. The maximum Gasteiger partial charge on any atom is 0.417 e. The Labute approximate surface area is 90.9 Å². The molecule has 0 aliphatic carbocycles. The number of carbonyl (C=O) groups is 1. The van der Waals surface area contributed by atoms with Gasteiger partial charge in [0.1, 0.15) is 11.5 Å². The maximum atomic E-state index is 12.4. The van der Waals surface area contributed by atoms with Gasteiger partial charge >= 0.3 is 12.1 Å². The Balaban J connectivity index is 3.64. The number of aromatic nitrogens is 1. The molecule has 0 atom stereocenters. The molecular weight excluding hydrogens is 251 g/mol. The van der Waals surface area contributed by atoms with Crippen LogP contribution < -0.4 is 5.73 Å². The predicted octanol–water partition coefficient (Wildman–Crippen LogP) is 2.32. The van der Waals surface area contributed by atoms with Crippen LogP contribution in [0.2, 0.25) is 0 Å². The Morgan fingerprint density at radius 1 is 1.41 bits per heavy atom. The standard InChI is InChI=1S/C8H5F5N2O2/c9-6(10)5-4(7(16)17)2(8(11,12)13)1-3(14)15-5/h1,6H,(H2,14,15)(H,16,17). The highest BCUT2D eigenvalue weighted by Crippen LogP contribution is 2.36. The molecule has 0 aliphatic heterocycles. The minimum absolute atomic E-state index is 0.204. The molecule has 9 heteroatoms. The summed E-state index contributed by atoms with van der Waals surface area (Å²) >= 11 is 0. The average Bonchev–Trinajstić information content (AvgIpc) is 2.14. The number of hydrogen-bond donors (Lipinski definition) is 2. The second-order valence-corrected chi connectivity index (χ2v) is 2.96. The SMILES string of the molecule is Nc1cc(C(F)(F)F)c(C(=O)O)c(C(F)F)n1. The quantitative estimate of drug-likeness (QED) is 0.796. The average molecular weight is 256 g/mol. The van der Waals surface area contributed by atoms with Crippen LogP contribution in [0, 0.1) is 0 Å². The molecule has 1 heterocycles. The first-order chi connectivity index (χ1) is 7.64. The summed E-state index contributed by atoms with van der Waals surface area (Å²) in [6.07, 6.45) is -8.57. The Bertz CT molecular complexity index is 458. The monoisotopic (exact) mass is 256 g/mol. The minimum atomic E-state index is -5.10. The molecule has 0 aromatic carbocycles. The van der Waals surface area contributed by atoms with Gasteiger partial charge in [-0.2, -0.15) is 13.2 Å². The molecule has 1 aromatic heterocycles. The zero-order chi connectivity index (χ0) is 13.4. The molecule has 1 rings (SSSR count). The van der Waals surface area contributed by atoms with E-state index in [2.05, 4.69) is 4.98 Å². The number of hydrogen-bond acceptors (Lipinski definition) is 3. The normalized spacial score (nSPS) is 11.9. The van der Waals surface area contributed by atoms with E-state index < -0.39 is 41.2 Å². The van der Waals surface area contributed by atoms with Crippen LogP contribution in [0.3, 0.4) is 0 Å². The van der Waals surface area contributed by atoms with Crippen LogP contribution in [0.25, 0.3) is 0 Å². The minimum Gasteiger partial charge on any atom is -0.478 e. The number of pyridine rings is 1. The Hall–Kier alpha value is -1.93. The fourth-order valence-corrected chi connectivity index (χ4v) is 1.19. The largest absolute Gasteiger partial charge is 0.478 e. The Morgan fingerprint density at radius 2 is 1.94 bits per heavy atom. The Kier molecular flexibility index (Phi) is 3.21. The first-order valence-electron chi connectivity index (χ1n) is 4.03. The topological polar surface area (TPSA) is 76.2 Å². The summed E-state index contributed by atoms with van der Waals surface area (Å²) in [5.74, 6) is -2.96. The predicted molar refractivity (Wildman–Crippen MR) is 45.6 cm³/mol. The first-order valence-corrected chi connectivity index (χ1v) is 4.03. The number of anilines is 1. The molecule has 17 heavy (non-hydrogen) atoms. The summed E-state index contributed by atoms with van der Waals surface area (Å²) in [4.78, 5) is 13.5. The molecule has 0 fully saturated rings. The molecule has 0 bridgehead atoms. The van der Waals surface area contributed by atoms with Crippen LogP contribution in [0.5, 0.6) is 0 Å². The molecule has 0 unspecified atom stereocenters. The number of nitrogens with zero attached hydrogens (tertiary/aromatic N) is 1. The number of rotatable bonds is 2. The molecule has 0 aliphatic rings. The summed E-state index contributed by atoms with van der Waals surface area (Å²) in [6, 6.07) is 0.204. The van der Waals surface area contributed by atoms with Gasteiger partial charge in [-0.05, 0) is 6.07 Å². The number of alkyl halides is 5. The molecular formula is C8H5F5N2O2. The van der Waals surface area contributed by atoms with E-state index in [-0.39, 0.29) is 6.07 Å². The van der Waals surface area contributed by atoms with Crippen LogP contribution in [0.4, 0.5) is 27.8 Å². The van der Waals surface area contributed by atoms with Gasteiger partial charge in [-0.3, -0.25) is 0 Å². The van der Waals surface area contributed by atoms with E-state index in [1.54, 1.807) is 0 Å². The van der Waals surface area contributed by atoms with Crippen molar-refractivity contribution < 1.29 is 31.9 Å². The van der Waals surface area contributed by atoms with Gasteiger partial charge in [-0.15, -0.1) is 0 Å². The summed E-state index contributed by atoms with van der Waals surface area (Å²) in [5, 5.41) is 8.54. The third kappa shape index (κ3) is 2.60. The van der Waals surface area contributed by atoms with Crippen LogP contribution in [0.1, 0.15) is 28.0 Å². The molecule has 0 saturated carbocycles. The van der Waals surface area contributed by atoms with Crippen LogP contribution >= 0.6 is 0 Å². The number of halogens is 5. The van der Waals surface area contributed by atoms with Crippen molar-refractivity contribution in [2.24, 2.45) is 0 Å². The third-order valence-electron chi connectivity index (χ3n) is 1.79. The van der Waals surface area contributed by atoms with Crippen LogP contribution in [-0.2, 0) is 6.18 Å². The van der Waals surface area contributed by atoms with Gasteiger partial charge in [0.25, 0.3) is 6.43 Å². The van der Waals surface area contributed by atoms with E-state index in [0.717, 1.165) is 0 Å². The molecule has 3 N–H and O–H groups in total. The van der Waals surface area contributed by atoms with E-state index in [4.69, 9.17) is 10.8 Å². The highest BCUT2D eigenvalue weighted by molar-refractivity contribution is 5.91. The maximum absolute atomic E-state index is 12.4. The second-order valence-electron chi connectivity index (χ2n) is 2.96. The number of aromatic carboxylic acids is 1. The van der Waals surface area contributed by atoms with Crippen LogP contribution in [-0.4, -0.2) is 16.1 Å².